The van der Waals surface area contributed by atoms with Gasteiger partial charge in [-0.15, -0.1) is 0 Å². The number of benzene rings is 2. The lowest BCUT2D eigenvalue weighted by molar-refractivity contribution is 0.627. The highest BCUT2D eigenvalue weighted by Gasteiger charge is 2.59. The summed E-state index contributed by atoms with van der Waals surface area (Å²) in [6.45, 7) is 4.17. The third kappa shape index (κ3) is 7.83. The summed E-state index contributed by atoms with van der Waals surface area (Å²) in [4.78, 5) is 10.7. The Balaban J connectivity index is 0.000000144. The second kappa shape index (κ2) is 13.9. The molecule has 224 valence electrons. The maximum absolute atomic E-state index is 13.0. The van der Waals surface area contributed by atoms with E-state index in [9.17, 15) is 8.78 Å². The van der Waals surface area contributed by atoms with Gasteiger partial charge in [-0.2, -0.15) is 0 Å². The van der Waals surface area contributed by atoms with Crippen LogP contribution in [0.2, 0.25) is 0 Å². The first kappa shape index (κ1) is 31.6. The first-order valence-electron chi connectivity index (χ1n) is 14.4. The fourth-order valence-electron chi connectivity index (χ4n) is 5.74. The van der Waals surface area contributed by atoms with Crippen molar-refractivity contribution in [3.8, 4) is 23.7 Å². The summed E-state index contributed by atoms with van der Waals surface area (Å²) in [7, 11) is 0. The summed E-state index contributed by atoms with van der Waals surface area (Å²) in [6.07, 6.45) is 6.01. The highest BCUT2D eigenvalue weighted by molar-refractivity contribution is 14.1. The van der Waals surface area contributed by atoms with Gasteiger partial charge >= 0.3 is 0 Å². The minimum Gasteiger partial charge on any atom is -0.370 e. The summed E-state index contributed by atoms with van der Waals surface area (Å²) in [5.41, 5.74) is 3.23. The van der Waals surface area contributed by atoms with Crippen LogP contribution in [0.25, 0.3) is 0 Å². The van der Waals surface area contributed by atoms with Crippen molar-refractivity contribution in [1.82, 2.24) is 15.3 Å². The van der Waals surface area contributed by atoms with E-state index < -0.39 is 0 Å². The smallest absolute Gasteiger partial charge is 0.123 e. The molecule has 8 rings (SSSR count). The van der Waals surface area contributed by atoms with Gasteiger partial charge in [0.1, 0.15) is 23.0 Å². The van der Waals surface area contributed by atoms with Gasteiger partial charge in [0.05, 0.1) is 5.41 Å². The maximum Gasteiger partial charge on any atom is 0.123 e. The molecule has 0 spiro atoms. The van der Waals surface area contributed by atoms with Gasteiger partial charge < -0.3 is 10.2 Å². The van der Waals surface area contributed by atoms with Gasteiger partial charge in [0.2, 0.25) is 0 Å². The Hall–Kier alpha value is -3.79. The predicted octanol–water partition coefficient (Wildman–Crippen LogP) is 7.21. The Morgan fingerprint density at radius 3 is 1.82 bits per heavy atom. The molecule has 2 saturated heterocycles. The fraction of sp³-hybridized carbons (Fsp3) is 0.297. The third-order valence-electron chi connectivity index (χ3n) is 8.41. The van der Waals surface area contributed by atoms with Crippen LogP contribution >= 0.6 is 22.6 Å². The molecule has 2 aromatic carbocycles. The van der Waals surface area contributed by atoms with Crippen molar-refractivity contribution in [2.24, 2.45) is 22.7 Å². The molecule has 4 unspecified atom stereocenters. The number of fused-ring (bicyclic) bond motifs is 2. The van der Waals surface area contributed by atoms with E-state index in [1.807, 2.05) is 48.5 Å². The monoisotopic (exact) mass is 700 g/mol. The molecule has 2 aliphatic carbocycles. The number of hydrogen-bond donors (Lipinski definition) is 1. The molecule has 4 aromatic rings. The van der Waals surface area contributed by atoms with Crippen LogP contribution < -0.4 is 10.2 Å². The van der Waals surface area contributed by atoms with Crippen molar-refractivity contribution in [2.75, 3.05) is 31.1 Å². The molecule has 4 nitrogen and oxygen atoms in total. The molecular formula is C37H35F2IN4. The molecule has 2 aromatic heterocycles. The van der Waals surface area contributed by atoms with Crippen LogP contribution in [-0.2, 0) is 0 Å². The van der Waals surface area contributed by atoms with Crippen molar-refractivity contribution in [2.45, 2.75) is 20.3 Å². The SMILES string of the molecule is C.C(#CC12CNCC1C2)c1ccccn1.Fc1ccc(I)cc1.Fc1ccc(N2CC3CC3(C#Cc3ccccn3)C2)cc1. The lowest BCUT2D eigenvalue weighted by atomic mass is 10.1. The van der Waals surface area contributed by atoms with Crippen molar-refractivity contribution in [3.63, 3.8) is 0 Å². The van der Waals surface area contributed by atoms with E-state index in [0.717, 1.165) is 52.7 Å². The quantitative estimate of drug-likeness (QED) is 0.169. The second-order valence-electron chi connectivity index (χ2n) is 11.5. The van der Waals surface area contributed by atoms with Crippen LogP contribution in [-0.4, -0.2) is 36.1 Å². The number of anilines is 1. The van der Waals surface area contributed by atoms with Crippen LogP contribution in [0.3, 0.4) is 0 Å². The normalized spacial score (nSPS) is 24.6. The molecule has 7 heteroatoms. The van der Waals surface area contributed by atoms with Gasteiger partial charge in [-0.3, -0.25) is 0 Å². The first-order valence-corrected chi connectivity index (χ1v) is 15.5. The largest absolute Gasteiger partial charge is 0.370 e. The van der Waals surface area contributed by atoms with Crippen LogP contribution in [0.5, 0.6) is 0 Å². The van der Waals surface area contributed by atoms with Crippen LogP contribution in [0, 0.1) is 61.6 Å². The first-order chi connectivity index (χ1) is 20.9. The van der Waals surface area contributed by atoms with Gasteiger partial charge in [-0.1, -0.05) is 31.4 Å². The topological polar surface area (TPSA) is 41.1 Å². The Morgan fingerprint density at radius 1 is 0.750 bits per heavy atom. The van der Waals surface area contributed by atoms with Gasteiger partial charge in [0.15, 0.2) is 0 Å². The Kier molecular flexibility index (Phi) is 9.98. The predicted molar refractivity (Wildman–Crippen MR) is 181 cm³/mol. The van der Waals surface area contributed by atoms with Crippen molar-refractivity contribution >= 4 is 28.3 Å². The zero-order chi connectivity index (χ0) is 29.7. The summed E-state index contributed by atoms with van der Waals surface area (Å²) in [5.74, 6) is 14.3. The molecular weight excluding hydrogens is 665 g/mol. The van der Waals surface area contributed by atoms with Crippen molar-refractivity contribution < 1.29 is 8.78 Å². The molecule has 1 N–H and O–H groups in total. The van der Waals surface area contributed by atoms with Crippen LogP contribution in [0.15, 0.2) is 97.3 Å². The summed E-state index contributed by atoms with van der Waals surface area (Å²) < 4.78 is 26.1. The number of hydrogen-bond acceptors (Lipinski definition) is 4. The van der Waals surface area contributed by atoms with Gasteiger partial charge in [0.25, 0.3) is 0 Å². The number of rotatable bonds is 1. The summed E-state index contributed by atoms with van der Waals surface area (Å²) in [6, 6.07) is 24.7. The standard InChI is InChI=1S/C18H15FN2.C12H12N2.C6H4FI.CH4/c19-15-4-6-17(7-5-15)21-12-14-11-18(14,13-21)9-8-16-3-1-2-10-20-16;1-2-6-14-11(3-1)4-5-12-7-10(12)8-13-9-12;7-5-1-3-6(8)4-2-5;/h1-7,10,14H,11-13H2;1-3,6,10,13H,7-9H2;1-4H;1H4. The molecule has 4 heterocycles. The molecule has 0 amide bonds. The Labute approximate surface area is 272 Å². The Bertz CT molecular complexity index is 1640. The number of halogens is 3. The van der Waals surface area contributed by atoms with Gasteiger partial charge in [-0.05, 0) is 138 Å². The van der Waals surface area contributed by atoms with E-state index in [0.29, 0.717) is 11.3 Å². The minimum atomic E-state index is -0.187. The molecule has 4 aliphatic rings. The van der Waals surface area contributed by atoms with E-state index in [1.54, 1.807) is 24.5 Å². The van der Waals surface area contributed by atoms with Crippen molar-refractivity contribution in [3.05, 3.63) is 124 Å². The fourth-order valence-corrected chi connectivity index (χ4v) is 6.10. The Morgan fingerprint density at radius 2 is 1.32 bits per heavy atom. The zero-order valence-corrected chi connectivity index (χ0v) is 25.8. The van der Waals surface area contributed by atoms with E-state index in [1.165, 1.54) is 37.1 Å². The lowest BCUT2D eigenvalue weighted by Crippen LogP contribution is -2.24. The molecule has 4 fully saturated rings. The lowest BCUT2D eigenvalue weighted by Gasteiger charge is -2.21. The van der Waals surface area contributed by atoms with Crippen LogP contribution in [0.4, 0.5) is 14.5 Å². The van der Waals surface area contributed by atoms with E-state index >= 15 is 0 Å². The molecule has 0 radical (unpaired) electrons. The number of aromatic nitrogens is 2. The molecule has 44 heavy (non-hydrogen) atoms. The highest BCUT2D eigenvalue weighted by atomic mass is 127. The summed E-state index contributed by atoms with van der Waals surface area (Å²) >= 11 is 2.13. The minimum absolute atomic E-state index is 0. The average Bonchev–Trinajstić information content (AvgIpc) is 3.82. The molecule has 0 bridgehead atoms. The van der Waals surface area contributed by atoms with Gasteiger partial charge in [-0.25, -0.2) is 18.7 Å². The number of nitrogens with one attached hydrogen (secondary N) is 1. The average molecular weight is 701 g/mol. The zero-order valence-electron chi connectivity index (χ0n) is 23.6. The van der Waals surface area contributed by atoms with E-state index in [4.69, 9.17) is 0 Å². The third-order valence-corrected chi connectivity index (χ3v) is 9.13. The van der Waals surface area contributed by atoms with E-state index in [-0.39, 0.29) is 24.5 Å². The molecule has 2 saturated carbocycles. The molecule has 4 atom stereocenters. The number of piperidine rings is 2. The molecule has 2 aliphatic heterocycles. The number of pyridine rings is 2. The number of nitrogens with zero attached hydrogens (tertiary/aromatic N) is 3. The summed E-state index contributed by atoms with van der Waals surface area (Å²) in [5, 5.41) is 3.38. The van der Waals surface area contributed by atoms with Crippen molar-refractivity contribution in [1.29, 1.82) is 0 Å². The van der Waals surface area contributed by atoms with Gasteiger partial charge in [0, 0.05) is 46.7 Å². The van der Waals surface area contributed by atoms with Crippen LogP contribution in [0.1, 0.15) is 31.7 Å². The maximum atomic E-state index is 13.0. The van der Waals surface area contributed by atoms with E-state index in [2.05, 4.69) is 66.5 Å². The second-order valence-corrected chi connectivity index (χ2v) is 12.7. The highest BCUT2D eigenvalue weighted by Crippen LogP contribution is 2.58.